The average molecular weight is 241 g/mol. The SMILES string of the molecule is O=C(O)C1CCC(C(=O)NCC2(O)CCC2)C1. The molecule has 0 aliphatic heterocycles. The van der Waals surface area contributed by atoms with Crippen molar-refractivity contribution in [3.05, 3.63) is 0 Å². The van der Waals surface area contributed by atoms with E-state index in [-0.39, 0.29) is 17.7 Å². The van der Waals surface area contributed by atoms with E-state index in [9.17, 15) is 14.7 Å². The summed E-state index contributed by atoms with van der Waals surface area (Å²) in [5.41, 5.74) is -0.708. The summed E-state index contributed by atoms with van der Waals surface area (Å²) in [6.45, 7) is 0.306. The van der Waals surface area contributed by atoms with Gasteiger partial charge in [-0.3, -0.25) is 9.59 Å². The van der Waals surface area contributed by atoms with E-state index < -0.39 is 11.6 Å². The van der Waals surface area contributed by atoms with Crippen molar-refractivity contribution in [3.8, 4) is 0 Å². The van der Waals surface area contributed by atoms with Crippen LogP contribution in [0, 0.1) is 11.8 Å². The Bertz CT molecular complexity index is 324. The first-order valence-corrected chi connectivity index (χ1v) is 6.23. The Hall–Kier alpha value is -1.10. The van der Waals surface area contributed by atoms with Gasteiger partial charge in [-0.25, -0.2) is 0 Å². The summed E-state index contributed by atoms with van der Waals surface area (Å²) in [5, 5.41) is 21.4. The number of nitrogens with one attached hydrogen (secondary N) is 1. The van der Waals surface area contributed by atoms with Gasteiger partial charge in [0.15, 0.2) is 0 Å². The van der Waals surface area contributed by atoms with E-state index in [1.54, 1.807) is 0 Å². The van der Waals surface area contributed by atoms with Gasteiger partial charge in [-0.1, -0.05) is 0 Å². The van der Waals surface area contributed by atoms with Gasteiger partial charge in [0.05, 0.1) is 11.5 Å². The van der Waals surface area contributed by atoms with E-state index in [1.165, 1.54) is 0 Å². The summed E-state index contributed by atoms with van der Waals surface area (Å²) in [4.78, 5) is 22.6. The van der Waals surface area contributed by atoms with Gasteiger partial charge in [0.1, 0.15) is 0 Å². The number of hydrogen-bond donors (Lipinski definition) is 3. The van der Waals surface area contributed by atoms with Crippen LogP contribution in [0.15, 0.2) is 0 Å². The number of aliphatic carboxylic acids is 1. The molecule has 0 radical (unpaired) electrons. The van der Waals surface area contributed by atoms with Crippen LogP contribution < -0.4 is 5.32 Å². The average Bonchev–Trinajstić information content (AvgIpc) is 2.72. The molecule has 3 N–H and O–H groups in total. The lowest BCUT2D eigenvalue weighted by Crippen LogP contribution is -2.48. The Labute approximate surface area is 100 Å². The van der Waals surface area contributed by atoms with Crippen molar-refractivity contribution in [1.82, 2.24) is 5.32 Å². The Morgan fingerprint density at radius 1 is 1.24 bits per heavy atom. The second kappa shape index (κ2) is 4.64. The van der Waals surface area contributed by atoms with Crippen molar-refractivity contribution in [1.29, 1.82) is 0 Å². The van der Waals surface area contributed by atoms with Crippen LogP contribution in [0.2, 0.25) is 0 Å². The van der Waals surface area contributed by atoms with Crippen LogP contribution in [0.25, 0.3) is 0 Å². The van der Waals surface area contributed by atoms with Crippen molar-refractivity contribution < 1.29 is 19.8 Å². The molecular formula is C12H19NO4. The lowest BCUT2D eigenvalue weighted by atomic mass is 9.80. The van der Waals surface area contributed by atoms with Gasteiger partial charge in [-0.05, 0) is 38.5 Å². The van der Waals surface area contributed by atoms with Crippen molar-refractivity contribution in [2.75, 3.05) is 6.54 Å². The van der Waals surface area contributed by atoms with Crippen molar-refractivity contribution in [2.45, 2.75) is 44.1 Å². The molecule has 2 rings (SSSR count). The fourth-order valence-corrected chi connectivity index (χ4v) is 2.60. The Morgan fingerprint density at radius 3 is 2.35 bits per heavy atom. The smallest absolute Gasteiger partial charge is 0.306 e. The highest BCUT2D eigenvalue weighted by Gasteiger charge is 2.37. The quantitative estimate of drug-likeness (QED) is 0.669. The zero-order chi connectivity index (χ0) is 12.5. The molecule has 5 nitrogen and oxygen atoms in total. The third-order valence-corrected chi connectivity index (χ3v) is 4.03. The standard InChI is InChI=1S/C12H19NO4/c14-10(13-7-12(17)4-1-5-12)8-2-3-9(6-8)11(15)16/h8-9,17H,1-7H2,(H,13,14)(H,15,16). The molecule has 0 bridgehead atoms. The zero-order valence-corrected chi connectivity index (χ0v) is 9.82. The van der Waals surface area contributed by atoms with E-state index in [0.29, 0.717) is 25.8 Å². The molecular weight excluding hydrogens is 222 g/mol. The van der Waals surface area contributed by atoms with Crippen LogP contribution in [0.4, 0.5) is 0 Å². The van der Waals surface area contributed by atoms with Crippen LogP contribution in [0.1, 0.15) is 38.5 Å². The van der Waals surface area contributed by atoms with Crippen LogP contribution in [0.3, 0.4) is 0 Å². The fraction of sp³-hybridized carbons (Fsp3) is 0.833. The third-order valence-electron chi connectivity index (χ3n) is 4.03. The van der Waals surface area contributed by atoms with E-state index in [0.717, 1.165) is 19.3 Å². The first-order chi connectivity index (χ1) is 8.00. The summed E-state index contributed by atoms with van der Waals surface area (Å²) in [6, 6.07) is 0. The highest BCUT2D eigenvalue weighted by atomic mass is 16.4. The van der Waals surface area contributed by atoms with Gasteiger partial charge in [0.2, 0.25) is 5.91 Å². The molecule has 2 saturated carbocycles. The number of carboxylic acid groups (broad SMARTS) is 1. The molecule has 2 atom stereocenters. The lowest BCUT2D eigenvalue weighted by molar-refractivity contribution is -0.141. The molecule has 0 saturated heterocycles. The van der Waals surface area contributed by atoms with Crippen LogP contribution in [-0.2, 0) is 9.59 Å². The van der Waals surface area contributed by atoms with E-state index >= 15 is 0 Å². The second-order valence-electron chi connectivity index (χ2n) is 5.34. The zero-order valence-electron chi connectivity index (χ0n) is 9.82. The predicted molar refractivity (Wildman–Crippen MR) is 60.3 cm³/mol. The number of carboxylic acids is 1. The van der Waals surface area contributed by atoms with Gasteiger partial charge in [0, 0.05) is 12.5 Å². The maximum Gasteiger partial charge on any atom is 0.306 e. The van der Waals surface area contributed by atoms with Crippen LogP contribution in [-0.4, -0.2) is 34.2 Å². The molecule has 17 heavy (non-hydrogen) atoms. The summed E-state index contributed by atoms with van der Waals surface area (Å²) < 4.78 is 0. The second-order valence-corrected chi connectivity index (χ2v) is 5.34. The maximum absolute atomic E-state index is 11.8. The van der Waals surface area contributed by atoms with E-state index in [4.69, 9.17) is 5.11 Å². The molecule has 0 aromatic carbocycles. The maximum atomic E-state index is 11.8. The Balaban J connectivity index is 1.75. The summed E-state index contributed by atoms with van der Waals surface area (Å²) in [5.74, 6) is -1.48. The largest absolute Gasteiger partial charge is 0.481 e. The van der Waals surface area contributed by atoms with Crippen molar-refractivity contribution in [2.24, 2.45) is 11.8 Å². The first-order valence-electron chi connectivity index (χ1n) is 6.23. The Morgan fingerprint density at radius 2 is 1.88 bits per heavy atom. The molecule has 0 aromatic rings. The number of carbonyl (C=O) groups excluding carboxylic acids is 1. The first kappa shape index (κ1) is 12.4. The van der Waals surface area contributed by atoms with Crippen molar-refractivity contribution in [3.63, 3.8) is 0 Å². The number of hydrogen-bond acceptors (Lipinski definition) is 3. The van der Waals surface area contributed by atoms with Gasteiger partial charge in [0.25, 0.3) is 0 Å². The lowest BCUT2D eigenvalue weighted by Gasteiger charge is -2.36. The van der Waals surface area contributed by atoms with Crippen molar-refractivity contribution >= 4 is 11.9 Å². The van der Waals surface area contributed by atoms with E-state index in [2.05, 4.69) is 5.32 Å². The monoisotopic (exact) mass is 241 g/mol. The number of amides is 1. The van der Waals surface area contributed by atoms with Crippen LogP contribution >= 0.6 is 0 Å². The normalized spacial score (nSPS) is 30.6. The topological polar surface area (TPSA) is 86.6 Å². The molecule has 0 heterocycles. The number of carbonyl (C=O) groups is 2. The molecule has 0 spiro atoms. The van der Waals surface area contributed by atoms with Gasteiger partial charge >= 0.3 is 5.97 Å². The summed E-state index contributed by atoms with van der Waals surface area (Å²) >= 11 is 0. The summed E-state index contributed by atoms with van der Waals surface area (Å²) in [7, 11) is 0. The van der Waals surface area contributed by atoms with Gasteiger partial charge in [-0.2, -0.15) is 0 Å². The molecule has 96 valence electrons. The fourth-order valence-electron chi connectivity index (χ4n) is 2.60. The third kappa shape index (κ3) is 2.77. The highest BCUT2D eigenvalue weighted by molar-refractivity contribution is 5.80. The molecule has 2 aliphatic carbocycles. The molecule has 1 amide bonds. The molecule has 2 fully saturated rings. The molecule has 0 aromatic heterocycles. The Kier molecular flexibility index (Phi) is 3.38. The minimum Gasteiger partial charge on any atom is -0.481 e. The molecule has 5 heteroatoms. The molecule has 2 aliphatic rings. The minimum atomic E-state index is -0.807. The van der Waals surface area contributed by atoms with Crippen LogP contribution in [0.5, 0.6) is 0 Å². The number of rotatable bonds is 4. The van der Waals surface area contributed by atoms with E-state index in [1.807, 2.05) is 0 Å². The number of aliphatic hydroxyl groups is 1. The minimum absolute atomic E-state index is 0.103. The molecule has 2 unspecified atom stereocenters. The van der Waals surface area contributed by atoms with Gasteiger partial charge < -0.3 is 15.5 Å². The highest BCUT2D eigenvalue weighted by Crippen LogP contribution is 2.33. The van der Waals surface area contributed by atoms with Gasteiger partial charge in [-0.15, -0.1) is 0 Å². The predicted octanol–water partition coefficient (Wildman–Crippen LogP) is 0.518. The summed E-state index contributed by atoms with van der Waals surface area (Å²) in [6.07, 6.45) is 4.15.